The topological polar surface area (TPSA) is 147 Å². The van der Waals surface area contributed by atoms with Crippen molar-refractivity contribution in [2.24, 2.45) is 10.8 Å². The van der Waals surface area contributed by atoms with E-state index in [0.29, 0.717) is 11.4 Å². The van der Waals surface area contributed by atoms with Gasteiger partial charge in [-0.15, -0.1) is 0 Å². The number of aldehydes is 1. The van der Waals surface area contributed by atoms with Crippen molar-refractivity contribution in [3.63, 3.8) is 0 Å². The summed E-state index contributed by atoms with van der Waals surface area (Å²) in [7, 11) is 0. The number of fused-ring (bicyclic) bond motifs is 4. The molecule has 4 saturated carbocycles. The fraction of sp³-hybridized carbons (Fsp3) is 0.607. The van der Waals surface area contributed by atoms with Crippen LogP contribution in [0.15, 0.2) is 37.2 Å². The molecule has 4 aliphatic carbocycles. The highest BCUT2D eigenvalue weighted by Gasteiger charge is 2.52. The van der Waals surface area contributed by atoms with Crippen molar-refractivity contribution < 1.29 is 19.5 Å². The van der Waals surface area contributed by atoms with Gasteiger partial charge in [0.2, 0.25) is 0 Å². The molecule has 4 unspecified atom stereocenters. The normalized spacial score (nSPS) is 33.0. The molecule has 4 aliphatic rings. The molecule has 2 heterocycles. The van der Waals surface area contributed by atoms with E-state index in [4.69, 9.17) is 0 Å². The number of aliphatic hydroxyl groups excluding tert-OH is 1. The summed E-state index contributed by atoms with van der Waals surface area (Å²) in [4.78, 5) is 51.6. The Balaban J connectivity index is 0.000000155. The van der Waals surface area contributed by atoms with E-state index in [-0.39, 0.29) is 40.3 Å². The van der Waals surface area contributed by atoms with Crippen LogP contribution in [0.2, 0.25) is 0 Å². The quantitative estimate of drug-likeness (QED) is 0.493. The average molecular weight is 521 g/mol. The first-order valence-corrected chi connectivity index (χ1v) is 13.6. The van der Waals surface area contributed by atoms with Crippen molar-refractivity contribution >= 4 is 18.1 Å². The lowest BCUT2D eigenvalue weighted by molar-refractivity contribution is -0.117. The Bertz CT molecular complexity index is 1170. The van der Waals surface area contributed by atoms with Gasteiger partial charge in [-0.2, -0.15) is 0 Å². The summed E-state index contributed by atoms with van der Waals surface area (Å²) in [5, 5.41) is 15.8. The number of nitrogens with one attached hydrogen (secondary N) is 2. The van der Waals surface area contributed by atoms with Crippen molar-refractivity contribution in [1.29, 1.82) is 0 Å². The van der Waals surface area contributed by atoms with Crippen LogP contribution in [-0.2, 0) is 4.79 Å². The minimum Gasteiger partial charge on any atom is -0.396 e. The van der Waals surface area contributed by atoms with Crippen molar-refractivity contribution in [3.05, 3.63) is 48.6 Å². The molecular formula is C28H36N6O4. The van der Waals surface area contributed by atoms with E-state index in [9.17, 15) is 19.5 Å². The molecule has 2 aromatic rings. The molecule has 3 N–H and O–H groups in total. The minimum atomic E-state index is -0.215. The van der Waals surface area contributed by atoms with Crippen LogP contribution in [0.1, 0.15) is 98.0 Å². The van der Waals surface area contributed by atoms with Crippen molar-refractivity contribution in [1.82, 2.24) is 30.6 Å². The highest BCUT2D eigenvalue weighted by molar-refractivity contribution is 5.93. The third kappa shape index (κ3) is 5.32. The lowest BCUT2D eigenvalue weighted by atomic mass is 9.73. The zero-order chi connectivity index (χ0) is 26.7. The van der Waals surface area contributed by atoms with E-state index in [0.717, 1.165) is 83.3 Å². The van der Waals surface area contributed by atoms with Crippen LogP contribution in [-0.4, -0.2) is 60.8 Å². The molecule has 4 fully saturated rings. The first-order chi connectivity index (χ1) is 18.3. The Hall–Kier alpha value is -3.27. The predicted molar refractivity (Wildman–Crippen MR) is 138 cm³/mol. The molecule has 0 saturated heterocycles. The molecule has 0 aliphatic heterocycles. The smallest absolute Gasteiger partial charge is 0.271 e. The second-order valence-electron chi connectivity index (χ2n) is 11.8. The highest BCUT2D eigenvalue weighted by atomic mass is 16.3. The van der Waals surface area contributed by atoms with Crippen LogP contribution in [0.4, 0.5) is 0 Å². The second kappa shape index (κ2) is 10.5. The first-order valence-electron chi connectivity index (χ1n) is 13.6. The van der Waals surface area contributed by atoms with Gasteiger partial charge in [-0.25, -0.2) is 9.97 Å². The van der Waals surface area contributed by atoms with Gasteiger partial charge in [0.15, 0.2) is 0 Å². The van der Waals surface area contributed by atoms with Crippen molar-refractivity contribution in [2.45, 2.75) is 88.1 Å². The van der Waals surface area contributed by atoms with Crippen molar-refractivity contribution in [3.8, 4) is 0 Å². The number of nitrogens with zero attached hydrogens (tertiary/aromatic N) is 4. The number of hydrogen-bond donors (Lipinski definition) is 3. The lowest BCUT2D eigenvalue weighted by Gasteiger charge is -2.39. The Kier molecular flexibility index (Phi) is 7.26. The van der Waals surface area contributed by atoms with Gasteiger partial charge in [-0.05, 0) is 69.6 Å². The zero-order valence-electron chi connectivity index (χ0n) is 21.7. The van der Waals surface area contributed by atoms with E-state index in [1.54, 1.807) is 12.4 Å². The van der Waals surface area contributed by atoms with E-state index in [1.807, 2.05) is 0 Å². The van der Waals surface area contributed by atoms with Crippen LogP contribution in [0, 0.1) is 10.8 Å². The largest absolute Gasteiger partial charge is 0.396 e. The van der Waals surface area contributed by atoms with Crippen LogP contribution in [0.25, 0.3) is 0 Å². The lowest BCUT2D eigenvalue weighted by Crippen LogP contribution is -2.49. The monoisotopic (exact) mass is 520 g/mol. The Labute approximate surface area is 222 Å². The fourth-order valence-electron chi connectivity index (χ4n) is 7.33. The maximum absolute atomic E-state index is 12.2. The number of carbonyl (C=O) groups is 3. The maximum Gasteiger partial charge on any atom is 0.271 e. The number of rotatable bonds is 6. The fourth-order valence-corrected chi connectivity index (χ4v) is 7.33. The summed E-state index contributed by atoms with van der Waals surface area (Å²) >= 11 is 0. The molecule has 4 atom stereocenters. The first kappa shape index (κ1) is 26.3. The number of carbonyl (C=O) groups excluding carboxylic acids is 3. The summed E-state index contributed by atoms with van der Waals surface area (Å²) in [5.41, 5.74) is 0.181. The number of aliphatic hydroxyl groups is 1. The van der Waals surface area contributed by atoms with Gasteiger partial charge >= 0.3 is 0 Å². The Morgan fingerprint density at radius 3 is 1.89 bits per heavy atom. The van der Waals surface area contributed by atoms with Gasteiger partial charge in [0, 0.05) is 47.9 Å². The van der Waals surface area contributed by atoms with E-state index >= 15 is 0 Å². The van der Waals surface area contributed by atoms with Gasteiger partial charge in [0.1, 0.15) is 17.7 Å². The Morgan fingerprint density at radius 1 is 0.763 bits per heavy atom. The van der Waals surface area contributed by atoms with Gasteiger partial charge in [-0.1, -0.05) is 12.8 Å². The number of amides is 2. The third-order valence-electron chi connectivity index (χ3n) is 9.27. The summed E-state index contributed by atoms with van der Waals surface area (Å²) in [5.74, 6) is -0.333. The second-order valence-corrected chi connectivity index (χ2v) is 11.8. The Morgan fingerprint density at radius 2 is 1.34 bits per heavy atom. The molecule has 10 heteroatoms. The molecule has 38 heavy (non-hydrogen) atoms. The number of aromatic nitrogens is 4. The highest BCUT2D eigenvalue weighted by Crippen LogP contribution is 2.54. The molecular weight excluding hydrogens is 484 g/mol. The van der Waals surface area contributed by atoms with E-state index < -0.39 is 0 Å². The summed E-state index contributed by atoms with van der Waals surface area (Å²) in [6, 6.07) is 0. The van der Waals surface area contributed by atoms with Gasteiger partial charge < -0.3 is 20.5 Å². The third-order valence-corrected chi connectivity index (χ3v) is 9.27. The van der Waals surface area contributed by atoms with Crippen LogP contribution in [0.3, 0.4) is 0 Å². The zero-order valence-corrected chi connectivity index (χ0v) is 21.7. The van der Waals surface area contributed by atoms with Gasteiger partial charge in [0.05, 0.1) is 12.4 Å². The molecule has 0 spiro atoms. The van der Waals surface area contributed by atoms with Crippen LogP contribution >= 0.6 is 0 Å². The van der Waals surface area contributed by atoms with Crippen molar-refractivity contribution in [2.75, 3.05) is 6.61 Å². The van der Waals surface area contributed by atoms with E-state index in [2.05, 4.69) is 30.6 Å². The predicted octanol–water partition coefficient (Wildman–Crippen LogP) is 2.79. The molecule has 6 rings (SSSR count). The van der Waals surface area contributed by atoms with Gasteiger partial charge in [-0.3, -0.25) is 19.6 Å². The molecule has 10 nitrogen and oxygen atoms in total. The molecule has 0 radical (unpaired) electrons. The molecule has 2 aromatic heterocycles. The molecule has 2 amide bonds. The summed E-state index contributed by atoms with van der Waals surface area (Å²) < 4.78 is 0. The molecule has 4 bridgehead atoms. The summed E-state index contributed by atoms with van der Waals surface area (Å²) in [6.45, 7) is 0.232. The SMILES string of the molecule is O=C(NC12CCCC(CO)(CC1)C2)c1cnccn1.O=CC12CCCC(NC(=O)c3cnccn3)(CC1)C2. The maximum atomic E-state index is 12.2. The van der Waals surface area contributed by atoms with Gasteiger partial charge in [0.25, 0.3) is 11.8 Å². The standard InChI is InChI=1S/C14H19N3O2.C14H17N3O2/c2*18-10-13-2-1-3-14(9-13,5-4-13)17-12(19)11-8-15-6-7-16-11/h6-8,18H,1-5,9-10H2,(H,17,19);6-8,10H,1-5,9H2,(H,17,19). The van der Waals surface area contributed by atoms with Crippen LogP contribution in [0.5, 0.6) is 0 Å². The molecule has 0 aromatic carbocycles. The average Bonchev–Trinajstić information content (AvgIpc) is 3.38. The number of hydrogen-bond acceptors (Lipinski definition) is 8. The van der Waals surface area contributed by atoms with Crippen LogP contribution < -0.4 is 10.6 Å². The molecule has 202 valence electrons. The minimum absolute atomic E-state index is 0.0356. The van der Waals surface area contributed by atoms with E-state index in [1.165, 1.54) is 24.8 Å². The summed E-state index contributed by atoms with van der Waals surface area (Å²) in [6.07, 6.45) is 21.7.